The van der Waals surface area contributed by atoms with Gasteiger partial charge in [-0.3, -0.25) is 0 Å². The number of rotatable bonds is 3. The molecule has 0 radical (unpaired) electrons. The van der Waals surface area contributed by atoms with Gasteiger partial charge in [-0.25, -0.2) is 0 Å². The first-order valence-corrected chi connectivity index (χ1v) is 4.22. The second kappa shape index (κ2) is 3.42. The van der Waals surface area contributed by atoms with Crippen molar-refractivity contribution in [3.63, 3.8) is 0 Å². The van der Waals surface area contributed by atoms with E-state index in [0.29, 0.717) is 6.61 Å². The molecule has 2 nitrogen and oxygen atoms in total. The van der Waals surface area contributed by atoms with Crippen LogP contribution in [0, 0.1) is 0 Å². The molecule has 1 rings (SSSR count). The summed E-state index contributed by atoms with van der Waals surface area (Å²) in [6.45, 7) is 2.58. The zero-order valence-corrected chi connectivity index (χ0v) is 6.86. The summed E-state index contributed by atoms with van der Waals surface area (Å²) in [4.78, 5) is -0.108. The summed E-state index contributed by atoms with van der Waals surface area (Å²) < 4.78 is 5.39. The van der Waals surface area contributed by atoms with Crippen molar-refractivity contribution in [2.75, 3.05) is 13.2 Å². The van der Waals surface area contributed by atoms with Gasteiger partial charge in [0.25, 0.3) is 0 Å². The molecular weight excluding hydrogens is 148 g/mol. The minimum atomic E-state index is -0.108. The van der Waals surface area contributed by atoms with Crippen LogP contribution in [0.4, 0.5) is 0 Å². The molecule has 0 aromatic carbocycles. The minimum Gasteiger partial charge on any atom is -0.394 e. The second-order valence-electron chi connectivity index (χ2n) is 2.40. The summed E-state index contributed by atoms with van der Waals surface area (Å²) in [5.41, 5.74) is 0. The molecule has 0 aliphatic carbocycles. The largest absolute Gasteiger partial charge is 0.394 e. The lowest BCUT2D eigenvalue weighted by Gasteiger charge is -2.22. The van der Waals surface area contributed by atoms with Gasteiger partial charge < -0.3 is 9.84 Å². The summed E-state index contributed by atoms with van der Waals surface area (Å²) in [7, 11) is 0. The highest BCUT2D eigenvalue weighted by molar-refractivity contribution is 8.03. The average molecular weight is 160 g/mol. The van der Waals surface area contributed by atoms with E-state index in [2.05, 4.69) is 6.08 Å². The van der Waals surface area contributed by atoms with Crippen LogP contribution < -0.4 is 0 Å². The monoisotopic (exact) mass is 160 g/mol. The molecule has 1 heterocycles. The molecule has 1 N–H and O–H groups in total. The Morgan fingerprint density at radius 1 is 1.80 bits per heavy atom. The van der Waals surface area contributed by atoms with E-state index < -0.39 is 0 Å². The van der Waals surface area contributed by atoms with Crippen LogP contribution in [0.3, 0.4) is 0 Å². The Labute approximate surface area is 65.3 Å². The van der Waals surface area contributed by atoms with Crippen LogP contribution in [0.5, 0.6) is 0 Å². The predicted molar refractivity (Wildman–Crippen MR) is 42.8 cm³/mol. The second-order valence-corrected chi connectivity index (χ2v) is 3.77. The average Bonchev–Trinajstić information content (AvgIpc) is 2.33. The van der Waals surface area contributed by atoms with Gasteiger partial charge in [0.05, 0.1) is 13.2 Å². The maximum Gasteiger partial charge on any atom is 0.118 e. The summed E-state index contributed by atoms with van der Waals surface area (Å²) in [6, 6.07) is 0. The lowest BCUT2D eigenvalue weighted by Crippen LogP contribution is -2.22. The highest BCUT2D eigenvalue weighted by atomic mass is 32.2. The van der Waals surface area contributed by atoms with E-state index in [9.17, 15) is 0 Å². The van der Waals surface area contributed by atoms with Crippen molar-refractivity contribution in [2.24, 2.45) is 0 Å². The first-order chi connectivity index (χ1) is 4.77. The van der Waals surface area contributed by atoms with E-state index >= 15 is 0 Å². The maximum absolute atomic E-state index is 8.49. The fraction of sp³-hybridized carbons (Fsp3) is 0.714. The highest BCUT2D eigenvalue weighted by Gasteiger charge is 2.26. The van der Waals surface area contributed by atoms with Crippen LogP contribution in [0.25, 0.3) is 0 Å². The fourth-order valence-corrected chi connectivity index (χ4v) is 1.68. The smallest absolute Gasteiger partial charge is 0.118 e. The van der Waals surface area contributed by atoms with Gasteiger partial charge in [-0.05, 0) is 12.3 Å². The Bertz CT molecular complexity index is 126. The molecule has 1 aliphatic heterocycles. The lowest BCUT2D eigenvalue weighted by molar-refractivity contribution is 0.0201. The normalized spacial score (nSPS) is 31.4. The Balaban J connectivity index is 2.24. The third kappa shape index (κ3) is 2.01. The third-order valence-electron chi connectivity index (χ3n) is 1.40. The van der Waals surface area contributed by atoms with E-state index in [1.54, 1.807) is 11.8 Å². The molecule has 0 aromatic rings. The number of ether oxygens (including phenoxy) is 1. The van der Waals surface area contributed by atoms with Gasteiger partial charge in [-0.2, -0.15) is 0 Å². The Hall–Kier alpha value is 0.01000. The van der Waals surface area contributed by atoms with Crippen LogP contribution >= 0.6 is 11.8 Å². The van der Waals surface area contributed by atoms with Crippen molar-refractivity contribution in [2.45, 2.75) is 18.3 Å². The summed E-state index contributed by atoms with van der Waals surface area (Å²) in [5.74, 6) is 0. The SMILES string of the molecule is CC1(OCCO)CC=CS1. The molecule has 0 spiro atoms. The molecule has 0 saturated heterocycles. The van der Waals surface area contributed by atoms with Gasteiger partial charge in [0.15, 0.2) is 0 Å². The number of aliphatic hydroxyl groups excluding tert-OH is 1. The number of hydrogen-bond acceptors (Lipinski definition) is 3. The standard InChI is InChI=1S/C7H12O2S/c1-7(9-5-4-8)3-2-6-10-7/h2,6,8H,3-5H2,1H3. The zero-order chi connectivity index (χ0) is 7.45. The molecule has 1 atom stereocenters. The molecule has 0 aromatic heterocycles. The van der Waals surface area contributed by atoms with E-state index in [0.717, 1.165) is 6.42 Å². The van der Waals surface area contributed by atoms with Crippen molar-refractivity contribution in [3.05, 3.63) is 11.5 Å². The van der Waals surface area contributed by atoms with Gasteiger partial charge in [0, 0.05) is 6.42 Å². The van der Waals surface area contributed by atoms with Crippen LogP contribution in [-0.2, 0) is 4.74 Å². The molecule has 0 saturated carbocycles. The van der Waals surface area contributed by atoms with Gasteiger partial charge in [0.2, 0.25) is 0 Å². The van der Waals surface area contributed by atoms with Crippen LogP contribution in [0.1, 0.15) is 13.3 Å². The lowest BCUT2D eigenvalue weighted by atomic mass is 10.3. The topological polar surface area (TPSA) is 29.5 Å². The molecule has 3 heteroatoms. The summed E-state index contributed by atoms with van der Waals surface area (Å²) in [6.07, 6.45) is 3.03. The molecule has 58 valence electrons. The quantitative estimate of drug-likeness (QED) is 0.676. The molecule has 10 heavy (non-hydrogen) atoms. The highest BCUT2D eigenvalue weighted by Crippen LogP contribution is 2.36. The van der Waals surface area contributed by atoms with Crippen LogP contribution in [0.15, 0.2) is 11.5 Å². The van der Waals surface area contributed by atoms with E-state index in [1.807, 2.05) is 12.3 Å². The molecule has 0 bridgehead atoms. The first kappa shape index (κ1) is 8.11. The first-order valence-electron chi connectivity index (χ1n) is 3.34. The maximum atomic E-state index is 8.49. The van der Waals surface area contributed by atoms with Crippen molar-refractivity contribution < 1.29 is 9.84 Å². The Kier molecular flexibility index (Phi) is 2.77. The summed E-state index contributed by atoms with van der Waals surface area (Å²) in [5, 5.41) is 10.5. The van der Waals surface area contributed by atoms with Gasteiger partial charge in [0.1, 0.15) is 4.93 Å². The predicted octanol–water partition coefficient (Wildman–Crippen LogP) is 1.36. The van der Waals surface area contributed by atoms with Crippen molar-refractivity contribution in [1.82, 2.24) is 0 Å². The van der Waals surface area contributed by atoms with E-state index in [4.69, 9.17) is 9.84 Å². The number of hydrogen-bond donors (Lipinski definition) is 1. The zero-order valence-electron chi connectivity index (χ0n) is 6.04. The minimum absolute atomic E-state index is 0.107. The molecule has 1 aliphatic rings. The van der Waals surface area contributed by atoms with E-state index in [-0.39, 0.29) is 11.5 Å². The molecular formula is C7H12O2S. The molecule has 0 fully saturated rings. The van der Waals surface area contributed by atoms with Crippen LogP contribution in [-0.4, -0.2) is 23.3 Å². The molecule has 0 amide bonds. The third-order valence-corrected chi connectivity index (χ3v) is 2.51. The van der Waals surface area contributed by atoms with Gasteiger partial charge >= 0.3 is 0 Å². The number of aliphatic hydroxyl groups is 1. The van der Waals surface area contributed by atoms with Gasteiger partial charge in [-0.1, -0.05) is 17.8 Å². The van der Waals surface area contributed by atoms with Crippen molar-refractivity contribution in [3.8, 4) is 0 Å². The Morgan fingerprint density at radius 3 is 3.10 bits per heavy atom. The Morgan fingerprint density at radius 2 is 2.60 bits per heavy atom. The van der Waals surface area contributed by atoms with Crippen molar-refractivity contribution in [1.29, 1.82) is 0 Å². The summed E-state index contributed by atoms with van der Waals surface area (Å²) >= 11 is 1.67. The van der Waals surface area contributed by atoms with E-state index in [1.165, 1.54) is 0 Å². The van der Waals surface area contributed by atoms with Crippen LogP contribution in [0.2, 0.25) is 0 Å². The van der Waals surface area contributed by atoms with Crippen molar-refractivity contribution >= 4 is 11.8 Å². The molecule has 1 unspecified atom stereocenters. The van der Waals surface area contributed by atoms with Gasteiger partial charge in [-0.15, -0.1) is 0 Å². The number of thioether (sulfide) groups is 1. The fourth-order valence-electron chi connectivity index (χ4n) is 0.857.